The molecule has 248 valence electrons. The molecule has 2 heterocycles. The molecule has 0 bridgehead atoms. The maximum atomic E-state index is 6.47. The van der Waals surface area contributed by atoms with E-state index in [1.807, 2.05) is 24.3 Å². The average Bonchev–Trinajstić information content (AvgIpc) is 3.41. The van der Waals surface area contributed by atoms with Crippen molar-refractivity contribution in [1.29, 1.82) is 0 Å². The molecule has 0 radical (unpaired) electrons. The number of aromatic nitrogens is 3. The topological polar surface area (TPSA) is 57.1 Å². The lowest BCUT2D eigenvalue weighted by Crippen LogP contribution is -2.41. The Bertz CT molecular complexity index is 2190. The predicted molar refractivity (Wildman–Crippen MR) is 208 cm³/mol. The Hall–Kier alpha value is -5.69. The summed E-state index contributed by atoms with van der Waals surface area (Å²) in [7, 11) is -0.483. The summed E-state index contributed by atoms with van der Waals surface area (Å²) in [6.45, 7) is 8.32. The Morgan fingerprint density at radius 1 is 0.373 bits per heavy atom. The van der Waals surface area contributed by atoms with Gasteiger partial charge >= 0.3 is 7.12 Å². The zero-order valence-electron chi connectivity index (χ0n) is 29.2. The van der Waals surface area contributed by atoms with Gasteiger partial charge in [-0.3, -0.25) is 0 Å². The highest BCUT2D eigenvalue weighted by Gasteiger charge is 2.52. The fraction of sp³-hybridized carbons (Fsp3) is 0.133. The van der Waals surface area contributed by atoms with Gasteiger partial charge in [0.1, 0.15) is 0 Å². The first-order valence-corrected chi connectivity index (χ1v) is 17.4. The SMILES string of the molecule is CC1(C)OB(c2ccccc2-c2cccc(-c3nc(-c4ccc(-c5ccccc5)cc4)nc(-c4ccc(-c5ccccc5)cc4)n3)c2)OC1(C)C. The van der Waals surface area contributed by atoms with E-state index in [1.54, 1.807) is 0 Å². The van der Waals surface area contributed by atoms with Crippen LogP contribution in [0.5, 0.6) is 0 Å². The molecule has 51 heavy (non-hydrogen) atoms. The Labute approximate surface area is 300 Å². The van der Waals surface area contributed by atoms with Crippen molar-refractivity contribution in [2.75, 3.05) is 0 Å². The lowest BCUT2D eigenvalue weighted by atomic mass is 9.74. The quantitative estimate of drug-likeness (QED) is 0.159. The third-order valence-corrected chi connectivity index (χ3v) is 10.0. The number of rotatable bonds is 7. The maximum Gasteiger partial charge on any atom is 0.495 e. The monoisotopic (exact) mass is 663 g/mol. The standard InChI is InChI=1S/C45H38BN3O2/c1-44(2)45(3,4)51-46(50-44)40-21-12-11-20-39(40)37-18-13-19-38(30-37)43-48-41(35-26-22-33(23-27-35)31-14-7-5-8-15-31)47-42(49-43)36-28-24-34(25-29-36)32-16-9-6-10-17-32/h5-30H,1-4H3. The van der Waals surface area contributed by atoms with Gasteiger partial charge < -0.3 is 9.31 Å². The second-order valence-corrected chi connectivity index (χ2v) is 13.9. The molecule has 0 saturated carbocycles. The molecule has 0 amide bonds. The number of hydrogen-bond donors (Lipinski definition) is 0. The number of benzene rings is 6. The van der Waals surface area contributed by atoms with Crippen LogP contribution in [0.2, 0.25) is 0 Å². The molecule has 0 atom stereocenters. The van der Waals surface area contributed by atoms with Gasteiger partial charge in [0.25, 0.3) is 0 Å². The van der Waals surface area contributed by atoms with Crippen LogP contribution in [0.3, 0.4) is 0 Å². The number of nitrogens with zero attached hydrogens (tertiary/aromatic N) is 3. The Kier molecular flexibility index (Phi) is 8.43. The van der Waals surface area contributed by atoms with Gasteiger partial charge in [0.05, 0.1) is 11.2 Å². The van der Waals surface area contributed by atoms with E-state index in [1.165, 1.54) is 0 Å². The lowest BCUT2D eigenvalue weighted by molar-refractivity contribution is 0.00578. The predicted octanol–water partition coefficient (Wildman–Crippen LogP) is 10.2. The smallest absolute Gasteiger partial charge is 0.399 e. The van der Waals surface area contributed by atoms with E-state index in [2.05, 4.69) is 161 Å². The van der Waals surface area contributed by atoms with Gasteiger partial charge in [0, 0.05) is 16.7 Å². The summed E-state index contributed by atoms with van der Waals surface area (Å²) in [5.74, 6) is 1.83. The van der Waals surface area contributed by atoms with Crippen LogP contribution in [0, 0.1) is 0 Å². The molecule has 1 aliphatic heterocycles. The van der Waals surface area contributed by atoms with Gasteiger partial charge in [0.15, 0.2) is 17.5 Å². The van der Waals surface area contributed by atoms with Gasteiger partial charge in [-0.15, -0.1) is 0 Å². The summed E-state index contributed by atoms with van der Waals surface area (Å²) >= 11 is 0. The highest BCUT2D eigenvalue weighted by molar-refractivity contribution is 6.63. The fourth-order valence-electron chi connectivity index (χ4n) is 6.41. The summed E-state index contributed by atoms with van der Waals surface area (Å²) in [6.07, 6.45) is 0. The van der Waals surface area contributed by atoms with Gasteiger partial charge in [0.2, 0.25) is 0 Å². The fourth-order valence-corrected chi connectivity index (χ4v) is 6.41. The second-order valence-electron chi connectivity index (χ2n) is 13.9. The van der Waals surface area contributed by atoms with Crippen LogP contribution in [0.15, 0.2) is 158 Å². The van der Waals surface area contributed by atoms with Crippen molar-refractivity contribution < 1.29 is 9.31 Å². The largest absolute Gasteiger partial charge is 0.495 e. The van der Waals surface area contributed by atoms with E-state index in [9.17, 15) is 0 Å². The summed E-state index contributed by atoms with van der Waals surface area (Å²) < 4.78 is 12.9. The van der Waals surface area contributed by atoms with E-state index in [0.717, 1.165) is 55.5 Å². The summed E-state index contributed by atoms with van der Waals surface area (Å²) in [5, 5.41) is 0. The lowest BCUT2D eigenvalue weighted by Gasteiger charge is -2.32. The third-order valence-electron chi connectivity index (χ3n) is 10.0. The summed E-state index contributed by atoms with van der Waals surface area (Å²) in [6, 6.07) is 54.2. The molecule has 8 rings (SSSR count). The first-order chi connectivity index (χ1) is 24.7. The molecule has 0 aliphatic carbocycles. The van der Waals surface area contributed by atoms with E-state index in [-0.39, 0.29) is 0 Å². The molecule has 0 unspecified atom stereocenters. The molecule has 1 saturated heterocycles. The Balaban J connectivity index is 1.20. The van der Waals surface area contributed by atoms with Gasteiger partial charge in [-0.05, 0) is 72.6 Å². The van der Waals surface area contributed by atoms with Gasteiger partial charge in [-0.2, -0.15) is 0 Å². The zero-order valence-corrected chi connectivity index (χ0v) is 29.2. The molecule has 1 aromatic heterocycles. The molecule has 0 spiro atoms. The van der Waals surface area contributed by atoms with Crippen molar-refractivity contribution in [3.8, 4) is 67.5 Å². The van der Waals surface area contributed by atoms with Crippen molar-refractivity contribution in [2.45, 2.75) is 38.9 Å². The molecular weight excluding hydrogens is 625 g/mol. The molecule has 0 N–H and O–H groups in total. The summed E-state index contributed by atoms with van der Waals surface area (Å²) in [5.41, 5.74) is 9.51. The normalized spacial score (nSPS) is 14.8. The third kappa shape index (κ3) is 6.52. The van der Waals surface area contributed by atoms with Gasteiger partial charge in [-0.1, -0.05) is 152 Å². The molecule has 1 fully saturated rings. The van der Waals surface area contributed by atoms with Crippen LogP contribution in [-0.4, -0.2) is 33.3 Å². The van der Waals surface area contributed by atoms with Gasteiger partial charge in [-0.25, -0.2) is 15.0 Å². The summed E-state index contributed by atoms with van der Waals surface area (Å²) in [4.78, 5) is 15.2. The molecule has 5 nitrogen and oxygen atoms in total. The van der Waals surface area contributed by atoms with Crippen LogP contribution in [0.25, 0.3) is 67.5 Å². The van der Waals surface area contributed by atoms with Crippen LogP contribution in [0.1, 0.15) is 27.7 Å². The maximum absolute atomic E-state index is 6.47. The van der Waals surface area contributed by atoms with E-state index in [0.29, 0.717) is 17.5 Å². The Morgan fingerprint density at radius 3 is 1.25 bits per heavy atom. The molecule has 1 aliphatic rings. The van der Waals surface area contributed by atoms with Crippen molar-refractivity contribution in [3.05, 3.63) is 158 Å². The minimum Gasteiger partial charge on any atom is -0.399 e. The molecule has 6 heteroatoms. The minimum atomic E-state index is -0.483. The van der Waals surface area contributed by atoms with Crippen molar-refractivity contribution in [2.24, 2.45) is 0 Å². The molecule has 6 aromatic carbocycles. The van der Waals surface area contributed by atoms with Crippen LogP contribution in [-0.2, 0) is 9.31 Å². The van der Waals surface area contributed by atoms with E-state index in [4.69, 9.17) is 24.3 Å². The average molecular weight is 664 g/mol. The minimum absolute atomic E-state index is 0.442. The highest BCUT2D eigenvalue weighted by Crippen LogP contribution is 2.38. The Morgan fingerprint density at radius 2 is 0.745 bits per heavy atom. The first kappa shape index (κ1) is 32.5. The van der Waals surface area contributed by atoms with Crippen molar-refractivity contribution in [3.63, 3.8) is 0 Å². The van der Waals surface area contributed by atoms with Crippen LogP contribution < -0.4 is 5.46 Å². The first-order valence-electron chi connectivity index (χ1n) is 17.4. The van der Waals surface area contributed by atoms with Crippen molar-refractivity contribution >= 4 is 12.6 Å². The number of hydrogen-bond acceptors (Lipinski definition) is 5. The highest BCUT2D eigenvalue weighted by atomic mass is 16.7. The van der Waals surface area contributed by atoms with E-state index >= 15 is 0 Å². The second kappa shape index (κ2) is 13.2. The van der Waals surface area contributed by atoms with E-state index < -0.39 is 18.3 Å². The van der Waals surface area contributed by atoms with Crippen molar-refractivity contribution in [1.82, 2.24) is 15.0 Å². The zero-order chi connectivity index (χ0) is 35.0. The molecular formula is C45H38BN3O2. The molecule has 7 aromatic rings. The van der Waals surface area contributed by atoms with Crippen LogP contribution >= 0.6 is 0 Å². The van der Waals surface area contributed by atoms with Crippen LogP contribution in [0.4, 0.5) is 0 Å².